The summed E-state index contributed by atoms with van der Waals surface area (Å²) in [6.07, 6.45) is 4.37. The van der Waals surface area contributed by atoms with Gasteiger partial charge in [-0.3, -0.25) is 0 Å². The predicted molar refractivity (Wildman–Crippen MR) is 82.2 cm³/mol. The zero-order valence-electron chi connectivity index (χ0n) is 12.4. The number of rotatable bonds is 2. The molecule has 1 aromatic carbocycles. The normalized spacial score (nSPS) is 17.8. The molecule has 0 N–H and O–H groups in total. The highest BCUT2D eigenvalue weighted by Gasteiger charge is 2.25. The zero-order chi connectivity index (χ0) is 14.8. The lowest BCUT2D eigenvalue weighted by atomic mass is 9.95. The van der Waals surface area contributed by atoms with Crippen molar-refractivity contribution in [2.45, 2.75) is 26.2 Å². The number of hydrogen-bond donors (Lipinski definition) is 0. The van der Waals surface area contributed by atoms with Crippen LogP contribution in [0.1, 0.15) is 34.7 Å². The minimum atomic E-state index is 0.365. The Bertz CT molecular complexity index is 665. The first-order valence-electron chi connectivity index (χ1n) is 7.21. The van der Waals surface area contributed by atoms with E-state index in [4.69, 9.17) is 5.26 Å². The van der Waals surface area contributed by atoms with Gasteiger partial charge in [-0.05, 0) is 25.8 Å². The largest absolute Gasteiger partial charge is 0.355 e. The minimum Gasteiger partial charge on any atom is -0.355 e. The maximum Gasteiger partial charge on any atom is 0.158 e. The average molecular weight is 278 g/mol. The quantitative estimate of drug-likeness (QED) is 0.847. The number of aryl methyl sites for hydroxylation is 2. The Morgan fingerprint density at radius 1 is 1.14 bits per heavy atom. The van der Waals surface area contributed by atoms with E-state index >= 15 is 0 Å². The molecule has 1 aliphatic rings. The lowest BCUT2D eigenvalue weighted by molar-refractivity contribution is 0.772. The second-order valence-electron chi connectivity index (χ2n) is 5.72. The lowest BCUT2D eigenvalue weighted by Gasteiger charge is -2.17. The fourth-order valence-electron chi connectivity index (χ4n) is 3.03. The van der Waals surface area contributed by atoms with Crippen molar-refractivity contribution >= 4 is 5.82 Å². The van der Waals surface area contributed by atoms with E-state index in [1.165, 1.54) is 16.7 Å². The van der Waals surface area contributed by atoms with Crippen LogP contribution in [-0.4, -0.2) is 23.1 Å². The van der Waals surface area contributed by atoms with Gasteiger partial charge in [0.1, 0.15) is 11.9 Å². The molecule has 4 nitrogen and oxygen atoms in total. The molecule has 21 heavy (non-hydrogen) atoms. The molecule has 1 aliphatic heterocycles. The van der Waals surface area contributed by atoms with E-state index in [0.717, 1.165) is 25.3 Å². The number of hydrogen-bond acceptors (Lipinski definition) is 4. The molecule has 0 radical (unpaired) electrons. The van der Waals surface area contributed by atoms with E-state index in [0.29, 0.717) is 11.6 Å². The lowest BCUT2D eigenvalue weighted by Crippen LogP contribution is -2.20. The summed E-state index contributed by atoms with van der Waals surface area (Å²) in [6.45, 7) is 6.24. The van der Waals surface area contributed by atoms with Gasteiger partial charge in [0.05, 0.1) is 12.4 Å². The van der Waals surface area contributed by atoms with Crippen LogP contribution in [0.2, 0.25) is 0 Å². The molecule has 0 spiro atoms. The van der Waals surface area contributed by atoms with Crippen LogP contribution < -0.4 is 4.90 Å². The summed E-state index contributed by atoms with van der Waals surface area (Å²) in [7, 11) is 0. The number of anilines is 1. The summed E-state index contributed by atoms with van der Waals surface area (Å²) in [5, 5.41) is 8.77. The second kappa shape index (κ2) is 5.53. The van der Waals surface area contributed by atoms with Crippen molar-refractivity contribution in [3.63, 3.8) is 0 Å². The van der Waals surface area contributed by atoms with Crippen molar-refractivity contribution in [3.8, 4) is 6.07 Å². The van der Waals surface area contributed by atoms with E-state index in [2.05, 4.69) is 46.9 Å². The molecular formula is C17H18N4. The third-order valence-corrected chi connectivity index (χ3v) is 3.98. The van der Waals surface area contributed by atoms with Gasteiger partial charge in [-0.25, -0.2) is 9.97 Å². The van der Waals surface area contributed by atoms with Gasteiger partial charge in [0.15, 0.2) is 5.69 Å². The highest BCUT2D eigenvalue weighted by Crippen LogP contribution is 2.30. The maximum absolute atomic E-state index is 8.77. The Morgan fingerprint density at radius 3 is 2.52 bits per heavy atom. The molecule has 0 aliphatic carbocycles. The molecule has 1 atom stereocenters. The molecule has 1 saturated heterocycles. The maximum atomic E-state index is 8.77. The number of aromatic nitrogens is 2. The topological polar surface area (TPSA) is 52.8 Å². The highest BCUT2D eigenvalue weighted by molar-refractivity contribution is 5.41. The van der Waals surface area contributed by atoms with Crippen LogP contribution in [-0.2, 0) is 0 Å². The SMILES string of the molecule is Cc1cc(C)cc([C@@H]2CCN(c3cnc(C#N)cn3)C2)c1. The second-order valence-corrected chi connectivity index (χ2v) is 5.72. The van der Waals surface area contributed by atoms with E-state index in [1.54, 1.807) is 12.4 Å². The van der Waals surface area contributed by atoms with E-state index < -0.39 is 0 Å². The van der Waals surface area contributed by atoms with Crippen molar-refractivity contribution in [2.75, 3.05) is 18.0 Å². The number of nitrogens with zero attached hydrogens (tertiary/aromatic N) is 4. The Labute approximate surface area is 125 Å². The fourth-order valence-corrected chi connectivity index (χ4v) is 3.03. The Morgan fingerprint density at radius 2 is 1.90 bits per heavy atom. The van der Waals surface area contributed by atoms with Crippen molar-refractivity contribution in [2.24, 2.45) is 0 Å². The number of benzene rings is 1. The molecule has 106 valence electrons. The Balaban J connectivity index is 1.77. The van der Waals surface area contributed by atoms with Crippen LogP contribution in [0.4, 0.5) is 5.82 Å². The van der Waals surface area contributed by atoms with E-state index in [9.17, 15) is 0 Å². The molecule has 0 saturated carbocycles. The van der Waals surface area contributed by atoms with Gasteiger partial charge in [0, 0.05) is 19.0 Å². The van der Waals surface area contributed by atoms with Gasteiger partial charge >= 0.3 is 0 Å². The summed E-state index contributed by atoms with van der Waals surface area (Å²) >= 11 is 0. The smallest absolute Gasteiger partial charge is 0.158 e. The zero-order valence-corrected chi connectivity index (χ0v) is 12.4. The third kappa shape index (κ3) is 2.87. The first-order chi connectivity index (χ1) is 10.2. The van der Waals surface area contributed by atoms with Gasteiger partial charge < -0.3 is 4.90 Å². The summed E-state index contributed by atoms with van der Waals surface area (Å²) in [6, 6.07) is 8.78. The molecule has 0 amide bonds. The van der Waals surface area contributed by atoms with Crippen molar-refractivity contribution in [3.05, 3.63) is 53.0 Å². The van der Waals surface area contributed by atoms with Crippen LogP contribution in [0.25, 0.3) is 0 Å². The number of nitriles is 1. The molecule has 3 rings (SSSR count). The third-order valence-electron chi connectivity index (χ3n) is 3.98. The van der Waals surface area contributed by atoms with Gasteiger partial charge in [0.25, 0.3) is 0 Å². The molecule has 0 unspecified atom stereocenters. The van der Waals surface area contributed by atoms with Crippen molar-refractivity contribution in [1.29, 1.82) is 5.26 Å². The summed E-state index contributed by atoms with van der Waals surface area (Å²) in [4.78, 5) is 10.7. The van der Waals surface area contributed by atoms with Crippen molar-refractivity contribution < 1.29 is 0 Å². The van der Waals surface area contributed by atoms with Crippen LogP contribution >= 0.6 is 0 Å². The molecular weight excluding hydrogens is 260 g/mol. The van der Waals surface area contributed by atoms with Crippen LogP contribution in [0.3, 0.4) is 0 Å². The molecule has 2 aromatic rings. The van der Waals surface area contributed by atoms with Gasteiger partial charge in [-0.2, -0.15) is 5.26 Å². The highest BCUT2D eigenvalue weighted by atomic mass is 15.2. The first kappa shape index (κ1) is 13.6. The average Bonchev–Trinajstić information content (AvgIpc) is 2.96. The monoisotopic (exact) mass is 278 g/mol. The molecule has 1 fully saturated rings. The van der Waals surface area contributed by atoms with Crippen LogP contribution in [0.5, 0.6) is 0 Å². The van der Waals surface area contributed by atoms with Gasteiger partial charge in [0.2, 0.25) is 0 Å². The van der Waals surface area contributed by atoms with Gasteiger partial charge in [-0.15, -0.1) is 0 Å². The molecule has 4 heteroatoms. The van der Waals surface area contributed by atoms with E-state index in [-0.39, 0.29) is 0 Å². The fraction of sp³-hybridized carbons (Fsp3) is 0.353. The molecule has 0 bridgehead atoms. The molecule has 2 heterocycles. The Kier molecular flexibility index (Phi) is 3.57. The summed E-state index contributed by atoms with van der Waals surface area (Å²) < 4.78 is 0. The van der Waals surface area contributed by atoms with Crippen molar-refractivity contribution in [1.82, 2.24) is 9.97 Å². The summed E-state index contributed by atoms with van der Waals surface area (Å²) in [5.41, 5.74) is 4.42. The standard InChI is InChI=1S/C17H18N4/c1-12-5-13(2)7-15(6-12)14-3-4-21(11-14)17-10-19-16(8-18)9-20-17/h5-7,9-10,14H,3-4,11H2,1-2H3/t14-/m1/s1. The van der Waals surface area contributed by atoms with E-state index in [1.807, 2.05) is 6.07 Å². The van der Waals surface area contributed by atoms with Gasteiger partial charge in [-0.1, -0.05) is 29.3 Å². The van der Waals surface area contributed by atoms with Crippen LogP contribution in [0.15, 0.2) is 30.6 Å². The first-order valence-corrected chi connectivity index (χ1v) is 7.21. The Hall–Kier alpha value is -2.41. The van der Waals surface area contributed by atoms with Crippen LogP contribution in [0, 0.1) is 25.2 Å². The summed E-state index contributed by atoms with van der Waals surface area (Å²) in [5.74, 6) is 1.40. The molecule has 1 aromatic heterocycles. The minimum absolute atomic E-state index is 0.365. The predicted octanol–water partition coefficient (Wildman–Crippen LogP) is 2.96.